The van der Waals surface area contributed by atoms with Crippen molar-refractivity contribution in [3.05, 3.63) is 106 Å². The summed E-state index contributed by atoms with van der Waals surface area (Å²) in [5.41, 5.74) is -0.743. The van der Waals surface area contributed by atoms with Crippen LogP contribution in [0.15, 0.2) is 90.0 Å². The van der Waals surface area contributed by atoms with E-state index >= 15 is 0 Å². The highest BCUT2D eigenvalue weighted by Gasteiger charge is 2.31. The lowest BCUT2D eigenvalue weighted by Crippen LogP contribution is -2.36. The molecular formula is C30H25Cl2F3N4O4S. The van der Waals surface area contributed by atoms with E-state index in [1.807, 2.05) is 0 Å². The average molecular weight is 666 g/mol. The van der Waals surface area contributed by atoms with Gasteiger partial charge < -0.3 is 14.5 Å². The van der Waals surface area contributed by atoms with Gasteiger partial charge in [0, 0.05) is 37.4 Å². The Balaban J connectivity index is 1.29. The van der Waals surface area contributed by atoms with Crippen LogP contribution in [-0.4, -0.2) is 50.4 Å². The summed E-state index contributed by atoms with van der Waals surface area (Å²) in [7, 11) is -4.12. The molecule has 0 radical (unpaired) electrons. The summed E-state index contributed by atoms with van der Waals surface area (Å²) in [6.45, 7) is 1.34. The third-order valence-corrected chi connectivity index (χ3v) is 8.77. The van der Waals surface area contributed by atoms with E-state index in [2.05, 4.69) is 9.71 Å². The van der Waals surface area contributed by atoms with Crippen molar-refractivity contribution >= 4 is 50.6 Å². The number of sulfonamides is 1. The number of alkyl halides is 3. The molecular weight excluding hydrogens is 640 g/mol. The van der Waals surface area contributed by atoms with Gasteiger partial charge in [0.25, 0.3) is 15.9 Å². The maximum Gasteiger partial charge on any atom is 0.417 e. The highest BCUT2D eigenvalue weighted by molar-refractivity contribution is 7.92. The van der Waals surface area contributed by atoms with Gasteiger partial charge in [0.1, 0.15) is 17.3 Å². The van der Waals surface area contributed by atoms with Gasteiger partial charge >= 0.3 is 6.18 Å². The second kappa shape index (κ2) is 12.9. The fourth-order valence-electron chi connectivity index (χ4n) is 4.59. The Morgan fingerprint density at radius 2 is 1.66 bits per heavy atom. The number of carbonyl (C=O) groups excluding carboxylic acids is 1. The number of nitrogens with one attached hydrogen (secondary N) is 1. The third kappa shape index (κ3) is 7.37. The van der Waals surface area contributed by atoms with Crippen LogP contribution in [0.5, 0.6) is 11.5 Å². The number of hydrogen-bond donors (Lipinski definition) is 1. The summed E-state index contributed by atoms with van der Waals surface area (Å²) < 4.78 is 73.6. The topological polar surface area (TPSA) is 91.8 Å². The number of halogens is 5. The van der Waals surface area contributed by atoms with E-state index in [-0.39, 0.29) is 27.7 Å². The fraction of sp³-hybridized carbons (Fsp3) is 0.200. The molecule has 3 aromatic carbocycles. The van der Waals surface area contributed by atoms with Crippen LogP contribution < -0.4 is 14.4 Å². The van der Waals surface area contributed by atoms with Crippen LogP contribution in [0.25, 0.3) is 0 Å². The number of para-hydroxylation sites is 1. The van der Waals surface area contributed by atoms with Crippen molar-refractivity contribution in [1.29, 1.82) is 0 Å². The second-order valence-electron chi connectivity index (χ2n) is 9.83. The van der Waals surface area contributed by atoms with Crippen LogP contribution in [0.3, 0.4) is 0 Å². The molecule has 14 heteroatoms. The first-order valence-electron chi connectivity index (χ1n) is 13.3. The van der Waals surface area contributed by atoms with Gasteiger partial charge in [-0.1, -0.05) is 35.3 Å². The number of hydrogen-bond acceptors (Lipinski definition) is 6. The minimum atomic E-state index is -4.49. The lowest BCUT2D eigenvalue weighted by Gasteiger charge is -2.24. The Morgan fingerprint density at radius 1 is 0.909 bits per heavy atom. The molecule has 8 nitrogen and oxygen atoms in total. The maximum absolute atomic E-state index is 13.6. The Morgan fingerprint density at radius 3 is 2.34 bits per heavy atom. The highest BCUT2D eigenvalue weighted by atomic mass is 35.5. The molecule has 5 rings (SSSR count). The van der Waals surface area contributed by atoms with Crippen molar-refractivity contribution in [3.63, 3.8) is 0 Å². The Bertz CT molecular complexity index is 1760. The second-order valence-corrected chi connectivity index (χ2v) is 12.4. The summed E-state index contributed by atoms with van der Waals surface area (Å²) in [5, 5.41) is 0.641. The van der Waals surface area contributed by atoms with Crippen LogP contribution in [0, 0.1) is 0 Å². The largest absolute Gasteiger partial charge is 0.456 e. The number of pyridine rings is 1. The summed E-state index contributed by atoms with van der Waals surface area (Å²) in [5.74, 6) is 0.711. The molecule has 0 spiro atoms. The van der Waals surface area contributed by atoms with Gasteiger partial charge in [-0.25, -0.2) is 13.4 Å². The molecule has 4 aromatic rings. The SMILES string of the molecule is O=C(c1cc(Cl)ccc1NS(=O)(=O)c1ccc(Oc2ccccc2Cl)cc1)N1CCCN(c2ccc(C(F)(F)F)cn2)CC1. The van der Waals surface area contributed by atoms with Gasteiger partial charge in [0.15, 0.2) is 0 Å². The standard InChI is InChI=1S/C30H25Cl2F3N4O4S/c31-21-7-12-26(37-44(41,42)23-10-8-22(9-11-23)43-27-5-2-1-4-25(27)32)24(18-21)29(40)39-15-3-14-38(16-17-39)28-13-6-20(19-36-28)30(33,34)35/h1-2,4-13,18-19,37H,3,14-17H2. The summed E-state index contributed by atoms with van der Waals surface area (Å²) in [4.78, 5) is 20.9. The normalized spacial score (nSPS) is 14.2. The molecule has 1 saturated heterocycles. The number of aromatic nitrogens is 1. The first-order valence-corrected chi connectivity index (χ1v) is 15.6. The molecule has 0 saturated carbocycles. The number of rotatable bonds is 7. The lowest BCUT2D eigenvalue weighted by atomic mass is 10.1. The van der Waals surface area contributed by atoms with Gasteiger partial charge in [0.05, 0.1) is 26.7 Å². The smallest absolute Gasteiger partial charge is 0.417 e. The highest BCUT2D eigenvalue weighted by Crippen LogP contribution is 2.32. The molecule has 1 aliphatic heterocycles. The van der Waals surface area contributed by atoms with E-state index in [9.17, 15) is 26.4 Å². The fourth-order valence-corrected chi connectivity index (χ4v) is 6.01. The zero-order valence-electron chi connectivity index (χ0n) is 22.9. The Labute approximate surface area is 262 Å². The molecule has 2 heterocycles. The predicted molar refractivity (Wildman–Crippen MR) is 162 cm³/mol. The molecule has 1 amide bonds. The zero-order valence-corrected chi connectivity index (χ0v) is 25.2. The van der Waals surface area contributed by atoms with Gasteiger partial charge in [-0.2, -0.15) is 13.2 Å². The predicted octanol–water partition coefficient (Wildman–Crippen LogP) is 7.35. The minimum absolute atomic E-state index is 0.0429. The number of nitrogens with zero attached hydrogens (tertiary/aromatic N) is 3. The molecule has 44 heavy (non-hydrogen) atoms. The molecule has 1 fully saturated rings. The van der Waals surface area contributed by atoms with Crippen LogP contribution in [0.4, 0.5) is 24.7 Å². The van der Waals surface area contributed by atoms with Crippen molar-refractivity contribution in [2.24, 2.45) is 0 Å². The van der Waals surface area contributed by atoms with Crippen LogP contribution in [0.2, 0.25) is 10.0 Å². The third-order valence-electron chi connectivity index (χ3n) is 6.84. The monoisotopic (exact) mass is 664 g/mol. The zero-order chi connectivity index (χ0) is 31.5. The number of carbonyl (C=O) groups is 1. The summed E-state index contributed by atoms with van der Waals surface area (Å²) in [6.07, 6.45) is -3.19. The first-order chi connectivity index (χ1) is 20.9. The van der Waals surface area contributed by atoms with E-state index in [0.717, 1.165) is 12.3 Å². The van der Waals surface area contributed by atoms with Crippen molar-refractivity contribution < 1.29 is 31.1 Å². The van der Waals surface area contributed by atoms with E-state index < -0.39 is 27.7 Å². The van der Waals surface area contributed by atoms with Crippen LogP contribution in [-0.2, 0) is 16.2 Å². The molecule has 0 atom stereocenters. The molecule has 0 unspecified atom stereocenters. The maximum atomic E-state index is 13.6. The molecule has 0 bridgehead atoms. The number of benzene rings is 3. The van der Waals surface area contributed by atoms with E-state index in [4.69, 9.17) is 27.9 Å². The van der Waals surface area contributed by atoms with E-state index in [1.165, 1.54) is 48.5 Å². The number of amides is 1. The van der Waals surface area contributed by atoms with Crippen molar-refractivity contribution in [3.8, 4) is 11.5 Å². The number of ether oxygens (including phenoxy) is 1. The van der Waals surface area contributed by atoms with Gasteiger partial charge in [0.2, 0.25) is 0 Å². The molecule has 1 N–H and O–H groups in total. The number of anilines is 2. The van der Waals surface area contributed by atoms with Crippen molar-refractivity contribution in [2.45, 2.75) is 17.5 Å². The van der Waals surface area contributed by atoms with Crippen molar-refractivity contribution in [2.75, 3.05) is 35.8 Å². The minimum Gasteiger partial charge on any atom is -0.456 e. The van der Waals surface area contributed by atoms with Crippen LogP contribution >= 0.6 is 23.2 Å². The Hall–Kier alpha value is -4.00. The van der Waals surface area contributed by atoms with E-state index in [1.54, 1.807) is 34.1 Å². The molecule has 1 aliphatic rings. The first kappa shape index (κ1) is 31.4. The molecule has 1 aromatic heterocycles. The van der Waals surface area contributed by atoms with Crippen LogP contribution in [0.1, 0.15) is 22.3 Å². The lowest BCUT2D eigenvalue weighted by molar-refractivity contribution is -0.137. The molecule has 0 aliphatic carbocycles. The van der Waals surface area contributed by atoms with Gasteiger partial charge in [-0.3, -0.25) is 9.52 Å². The van der Waals surface area contributed by atoms with Crippen molar-refractivity contribution in [1.82, 2.24) is 9.88 Å². The summed E-state index contributed by atoms with van der Waals surface area (Å²) >= 11 is 12.3. The van der Waals surface area contributed by atoms with Gasteiger partial charge in [-0.05, 0) is 73.2 Å². The quantitative estimate of drug-likeness (QED) is 0.222. The van der Waals surface area contributed by atoms with Gasteiger partial charge in [-0.15, -0.1) is 0 Å². The summed E-state index contributed by atoms with van der Waals surface area (Å²) in [6, 6.07) is 19.1. The Kier molecular flexibility index (Phi) is 9.23. The van der Waals surface area contributed by atoms with E-state index in [0.29, 0.717) is 48.4 Å². The average Bonchev–Trinajstić information content (AvgIpc) is 3.25. The molecule has 230 valence electrons.